The third-order valence-electron chi connectivity index (χ3n) is 2.76. The van der Waals surface area contributed by atoms with Crippen molar-refractivity contribution in [2.45, 2.75) is 32.3 Å². The molecular formula is C9H16O3. The summed E-state index contributed by atoms with van der Waals surface area (Å²) in [4.78, 5) is 11.1. The van der Waals surface area contributed by atoms with Crippen LogP contribution in [0.5, 0.6) is 0 Å². The first-order valence-corrected chi connectivity index (χ1v) is 4.30. The highest BCUT2D eigenvalue weighted by Crippen LogP contribution is 2.42. The Hall–Kier alpha value is -0.570. The average molecular weight is 172 g/mol. The zero-order valence-corrected chi connectivity index (χ0v) is 7.83. The van der Waals surface area contributed by atoms with E-state index in [0.29, 0.717) is 18.8 Å². The zero-order valence-electron chi connectivity index (χ0n) is 7.83. The van der Waals surface area contributed by atoms with Crippen molar-refractivity contribution in [3.05, 3.63) is 0 Å². The summed E-state index contributed by atoms with van der Waals surface area (Å²) in [6.45, 7) is 3.79. The van der Waals surface area contributed by atoms with Crippen LogP contribution in [0.4, 0.5) is 0 Å². The standard InChI is InChI=1S/C9H16O3/c1-6-4-9(11,5-6)7(2)8(10)12-3/h6-7,11H,4-5H2,1-3H3. The zero-order chi connectivity index (χ0) is 9.35. The van der Waals surface area contributed by atoms with E-state index in [2.05, 4.69) is 11.7 Å². The van der Waals surface area contributed by atoms with Crippen LogP contribution in [0.2, 0.25) is 0 Å². The highest BCUT2D eigenvalue weighted by molar-refractivity contribution is 5.73. The topological polar surface area (TPSA) is 46.5 Å². The second-order valence-corrected chi connectivity index (χ2v) is 3.86. The lowest BCUT2D eigenvalue weighted by Crippen LogP contribution is -2.50. The van der Waals surface area contributed by atoms with Gasteiger partial charge in [-0.15, -0.1) is 0 Å². The number of rotatable bonds is 2. The van der Waals surface area contributed by atoms with Gasteiger partial charge < -0.3 is 9.84 Å². The van der Waals surface area contributed by atoms with Crippen LogP contribution in [0.1, 0.15) is 26.7 Å². The van der Waals surface area contributed by atoms with E-state index in [1.807, 2.05) is 0 Å². The van der Waals surface area contributed by atoms with E-state index < -0.39 is 11.5 Å². The Morgan fingerprint density at radius 3 is 2.50 bits per heavy atom. The summed E-state index contributed by atoms with van der Waals surface area (Å²) in [7, 11) is 1.35. The molecule has 0 bridgehead atoms. The number of esters is 1. The lowest BCUT2D eigenvalue weighted by atomic mass is 9.66. The van der Waals surface area contributed by atoms with E-state index in [1.165, 1.54) is 7.11 Å². The van der Waals surface area contributed by atoms with Gasteiger partial charge in [0.15, 0.2) is 0 Å². The van der Waals surface area contributed by atoms with Crippen LogP contribution in [0, 0.1) is 11.8 Å². The van der Waals surface area contributed by atoms with E-state index >= 15 is 0 Å². The van der Waals surface area contributed by atoms with Crippen molar-refractivity contribution in [2.24, 2.45) is 11.8 Å². The highest BCUT2D eigenvalue weighted by Gasteiger charge is 2.47. The first-order chi connectivity index (χ1) is 5.49. The molecule has 0 radical (unpaired) electrons. The largest absolute Gasteiger partial charge is 0.469 e. The fourth-order valence-electron chi connectivity index (χ4n) is 1.90. The number of hydrogen-bond donors (Lipinski definition) is 1. The Kier molecular flexibility index (Phi) is 2.42. The van der Waals surface area contributed by atoms with Crippen LogP contribution in [0.3, 0.4) is 0 Å². The predicted molar refractivity (Wildman–Crippen MR) is 44.5 cm³/mol. The van der Waals surface area contributed by atoms with Gasteiger partial charge in [0.25, 0.3) is 0 Å². The second-order valence-electron chi connectivity index (χ2n) is 3.86. The molecule has 0 heterocycles. The Bertz CT molecular complexity index is 182. The maximum absolute atomic E-state index is 11.1. The summed E-state index contributed by atoms with van der Waals surface area (Å²) >= 11 is 0. The van der Waals surface area contributed by atoms with E-state index in [0.717, 1.165) is 0 Å². The third kappa shape index (κ3) is 1.46. The molecule has 3 heteroatoms. The van der Waals surface area contributed by atoms with Crippen molar-refractivity contribution in [3.63, 3.8) is 0 Å². The lowest BCUT2D eigenvalue weighted by molar-refractivity contribution is -0.166. The molecule has 3 nitrogen and oxygen atoms in total. The van der Waals surface area contributed by atoms with Gasteiger partial charge in [0, 0.05) is 0 Å². The molecule has 0 aromatic carbocycles. The number of methoxy groups -OCH3 is 1. The monoisotopic (exact) mass is 172 g/mol. The van der Waals surface area contributed by atoms with E-state index in [-0.39, 0.29) is 5.97 Å². The number of aliphatic hydroxyl groups is 1. The molecule has 0 aromatic heterocycles. The molecule has 70 valence electrons. The molecule has 0 spiro atoms. The quantitative estimate of drug-likeness (QED) is 0.631. The minimum atomic E-state index is -0.799. The van der Waals surface area contributed by atoms with Crippen LogP contribution in [0.15, 0.2) is 0 Å². The molecule has 0 saturated heterocycles. The number of hydrogen-bond acceptors (Lipinski definition) is 3. The summed E-state index contributed by atoms with van der Waals surface area (Å²) < 4.78 is 4.57. The Labute approximate surface area is 72.7 Å². The Morgan fingerprint density at radius 1 is 1.67 bits per heavy atom. The maximum atomic E-state index is 11.1. The summed E-state index contributed by atoms with van der Waals surface area (Å²) in [5, 5.41) is 9.85. The van der Waals surface area contributed by atoms with Gasteiger partial charge in [-0.1, -0.05) is 6.92 Å². The van der Waals surface area contributed by atoms with Crippen LogP contribution >= 0.6 is 0 Å². The smallest absolute Gasteiger partial charge is 0.311 e. The van der Waals surface area contributed by atoms with Crippen LogP contribution in [-0.2, 0) is 9.53 Å². The van der Waals surface area contributed by atoms with Gasteiger partial charge in [-0.25, -0.2) is 0 Å². The lowest BCUT2D eigenvalue weighted by Gasteiger charge is -2.45. The molecular weight excluding hydrogens is 156 g/mol. The van der Waals surface area contributed by atoms with Crippen LogP contribution < -0.4 is 0 Å². The maximum Gasteiger partial charge on any atom is 0.311 e. The van der Waals surface area contributed by atoms with Gasteiger partial charge >= 0.3 is 5.97 Å². The normalized spacial score (nSPS) is 36.8. The highest BCUT2D eigenvalue weighted by atomic mass is 16.5. The number of ether oxygens (including phenoxy) is 1. The van der Waals surface area contributed by atoms with Gasteiger partial charge in [-0.3, -0.25) is 4.79 Å². The Balaban J connectivity index is 2.53. The van der Waals surface area contributed by atoms with Crippen LogP contribution in [-0.4, -0.2) is 23.8 Å². The van der Waals surface area contributed by atoms with Crippen molar-refractivity contribution >= 4 is 5.97 Å². The molecule has 0 amide bonds. The number of carbonyl (C=O) groups excluding carboxylic acids is 1. The van der Waals surface area contributed by atoms with Gasteiger partial charge in [-0.2, -0.15) is 0 Å². The van der Waals surface area contributed by atoms with Crippen molar-refractivity contribution in [1.29, 1.82) is 0 Å². The van der Waals surface area contributed by atoms with Gasteiger partial charge in [-0.05, 0) is 25.7 Å². The molecule has 1 aliphatic rings. The third-order valence-corrected chi connectivity index (χ3v) is 2.76. The first kappa shape index (κ1) is 9.52. The first-order valence-electron chi connectivity index (χ1n) is 4.30. The molecule has 0 aromatic rings. The molecule has 1 saturated carbocycles. The average Bonchev–Trinajstić information content (AvgIpc) is 1.99. The molecule has 1 atom stereocenters. The molecule has 1 unspecified atom stereocenters. The fourth-order valence-corrected chi connectivity index (χ4v) is 1.90. The van der Waals surface area contributed by atoms with Gasteiger partial charge in [0.05, 0.1) is 18.6 Å². The molecule has 1 aliphatic carbocycles. The van der Waals surface area contributed by atoms with Crippen molar-refractivity contribution in [1.82, 2.24) is 0 Å². The summed E-state index contributed by atoms with van der Waals surface area (Å²) in [6, 6.07) is 0. The SMILES string of the molecule is COC(=O)C(C)C1(O)CC(C)C1. The number of carbonyl (C=O) groups is 1. The molecule has 0 aliphatic heterocycles. The van der Waals surface area contributed by atoms with Crippen molar-refractivity contribution in [2.75, 3.05) is 7.11 Å². The van der Waals surface area contributed by atoms with Crippen LogP contribution in [0.25, 0.3) is 0 Å². The van der Waals surface area contributed by atoms with E-state index in [1.54, 1.807) is 6.92 Å². The molecule has 12 heavy (non-hydrogen) atoms. The van der Waals surface area contributed by atoms with Gasteiger partial charge in [0.1, 0.15) is 0 Å². The summed E-state index contributed by atoms with van der Waals surface area (Å²) in [6.07, 6.45) is 1.42. The summed E-state index contributed by atoms with van der Waals surface area (Å²) in [5.74, 6) is -0.176. The minimum absolute atomic E-state index is 0.315. The summed E-state index contributed by atoms with van der Waals surface area (Å²) in [5.41, 5.74) is -0.799. The van der Waals surface area contributed by atoms with Crippen molar-refractivity contribution in [3.8, 4) is 0 Å². The van der Waals surface area contributed by atoms with Gasteiger partial charge in [0.2, 0.25) is 0 Å². The predicted octanol–water partition coefficient (Wildman–Crippen LogP) is 0.956. The minimum Gasteiger partial charge on any atom is -0.469 e. The van der Waals surface area contributed by atoms with E-state index in [4.69, 9.17) is 0 Å². The molecule has 1 fully saturated rings. The Morgan fingerprint density at radius 2 is 2.17 bits per heavy atom. The fraction of sp³-hybridized carbons (Fsp3) is 0.889. The molecule has 1 rings (SSSR count). The second kappa shape index (κ2) is 3.05. The molecule has 1 N–H and O–H groups in total. The van der Waals surface area contributed by atoms with Crippen molar-refractivity contribution < 1.29 is 14.6 Å². The van der Waals surface area contributed by atoms with E-state index in [9.17, 15) is 9.90 Å².